The standard InChI is InChI=1S/C23H19BrClF3N6O2/c1-11-14-4-5-16-20(33(11)7-6-29-14)21(36)19-22(30-9-17(24)32-19)34(16)10-18(35)31-15-3-2-12(8-13(15)25)23(26,27)28/h2-3,8-9,11H,4-7,10H2,1H3,(H,31,35)/t11-/m0/s1. The Balaban J connectivity index is 1.58. The van der Waals surface area contributed by atoms with Crippen LogP contribution in [0.4, 0.5) is 24.5 Å². The summed E-state index contributed by atoms with van der Waals surface area (Å²) in [5.74, 6) is -0.541. The molecule has 2 aromatic heterocycles. The number of benzene rings is 1. The monoisotopic (exact) mass is 582 g/mol. The average Bonchev–Trinajstić information content (AvgIpc) is 2.88. The van der Waals surface area contributed by atoms with Crippen molar-refractivity contribution in [2.24, 2.45) is 4.99 Å². The Morgan fingerprint density at radius 3 is 2.81 bits per heavy atom. The number of halogens is 5. The van der Waals surface area contributed by atoms with Gasteiger partial charge >= 0.3 is 6.18 Å². The number of hydrogen-bond acceptors (Lipinski definition) is 6. The fourth-order valence-electron chi connectivity index (χ4n) is 4.70. The number of nitrogens with one attached hydrogen (secondary N) is 1. The summed E-state index contributed by atoms with van der Waals surface area (Å²) < 4.78 is 40.9. The number of carbonyl (C=O) groups is 1. The first-order chi connectivity index (χ1) is 17.0. The van der Waals surface area contributed by atoms with E-state index >= 15 is 0 Å². The summed E-state index contributed by atoms with van der Waals surface area (Å²) in [7, 11) is 0. The summed E-state index contributed by atoms with van der Waals surface area (Å²) in [4.78, 5) is 42.0. The van der Waals surface area contributed by atoms with Gasteiger partial charge in [-0.3, -0.25) is 14.6 Å². The highest BCUT2D eigenvalue weighted by atomic mass is 79.9. The second-order valence-corrected chi connectivity index (χ2v) is 9.78. The maximum atomic E-state index is 13.6. The molecule has 0 aliphatic carbocycles. The van der Waals surface area contributed by atoms with E-state index < -0.39 is 17.6 Å². The van der Waals surface area contributed by atoms with Crippen LogP contribution in [-0.2, 0) is 23.9 Å². The zero-order valence-corrected chi connectivity index (χ0v) is 21.2. The van der Waals surface area contributed by atoms with Crippen molar-refractivity contribution in [2.45, 2.75) is 38.5 Å². The quantitative estimate of drug-likeness (QED) is 0.492. The average molecular weight is 584 g/mol. The summed E-state index contributed by atoms with van der Waals surface area (Å²) in [6, 6.07) is 2.65. The minimum atomic E-state index is -4.56. The molecule has 1 atom stereocenters. The molecule has 0 unspecified atom stereocenters. The molecule has 36 heavy (non-hydrogen) atoms. The number of fused-ring (bicyclic) bond motifs is 5. The van der Waals surface area contributed by atoms with Crippen molar-refractivity contribution < 1.29 is 18.0 Å². The van der Waals surface area contributed by atoms with Crippen LogP contribution in [0.15, 0.2) is 38.8 Å². The van der Waals surface area contributed by atoms with E-state index in [0.29, 0.717) is 41.9 Å². The van der Waals surface area contributed by atoms with Crippen LogP contribution in [0.2, 0.25) is 5.02 Å². The van der Waals surface area contributed by atoms with Gasteiger partial charge in [0.1, 0.15) is 16.8 Å². The van der Waals surface area contributed by atoms with Crippen molar-refractivity contribution in [1.29, 1.82) is 0 Å². The smallest absolute Gasteiger partial charge is 0.357 e. The number of aliphatic imine (C=N–C) groups is 1. The zero-order valence-electron chi connectivity index (χ0n) is 18.9. The van der Waals surface area contributed by atoms with Gasteiger partial charge in [0.15, 0.2) is 11.2 Å². The highest BCUT2D eigenvalue weighted by molar-refractivity contribution is 9.10. The minimum Gasteiger partial charge on any atom is -0.357 e. The number of hydrogen-bond donors (Lipinski definition) is 1. The molecular formula is C23H19BrClF3N6O2. The van der Waals surface area contributed by atoms with Crippen molar-refractivity contribution in [3.05, 3.63) is 55.5 Å². The molecule has 2 aliphatic heterocycles. The highest BCUT2D eigenvalue weighted by Crippen LogP contribution is 2.34. The highest BCUT2D eigenvalue weighted by Gasteiger charge is 2.34. The van der Waals surface area contributed by atoms with Crippen LogP contribution >= 0.6 is 27.5 Å². The number of nitrogens with zero attached hydrogens (tertiary/aromatic N) is 5. The van der Waals surface area contributed by atoms with E-state index in [1.165, 1.54) is 6.20 Å². The SMILES string of the molecule is C[C@H]1C2=NCCN1c1c(n(CC(=O)Nc3ccc(C(F)(F)F)cc3Cl)c3ncc(Br)nc3c1=O)CC2. The van der Waals surface area contributed by atoms with Crippen LogP contribution in [0.25, 0.3) is 11.2 Å². The second-order valence-electron chi connectivity index (χ2n) is 8.56. The first-order valence-corrected chi connectivity index (χ1v) is 12.3. The third-order valence-electron chi connectivity index (χ3n) is 6.39. The van der Waals surface area contributed by atoms with E-state index in [4.69, 9.17) is 11.6 Å². The number of pyridine rings is 1. The Morgan fingerprint density at radius 1 is 1.31 bits per heavy atom. The molecule has 0 fully saturated rings. The van der Waals surface area contributed by atoms with Gasteiger partial charge in [-0.15, -0.1) is 0 Å². The van der Waals surface area contributed by atoms with Gasteiger partial charge in [-0.05, 0) is 53.9 Å². The van der Waals surface area contributed by atoms with Crippen LogP contribution in [0, 0.1) is 0 Å². The van der Waals surface area contributed by atoms with Crippen LogP contribution in [0.5, 0.6) is 0 Å². The van der Waals surface area contributed by atoms with E-state index in [2.05, 4.69) is 36.2 Å². The molecule has 1 N–H and O–H groups in total. The Morgan fingerprint density at radius 2 is 2.08 bits per heavy atom. The van der Waals surface area contributed by atoms with Gasteiger partial charge in [0.05, 0.1) is 35.1 Å². The Hall–Kier alpha value is -2.99. The molecule has 0 saturated carbocycles. The first kappa shape index (κ1) is 24.7. The molecule has 5 rings (SSSR count). The molecular weight excluding hydrogens is 565 g/mol. The summed E-state index contributed by atoms with van der Waals surface area (Å²) in [5, 5.41) is 2.33. The summed E-state index contributed by atoms with van der Waals surface area (Å²) in [6.07, 6.45) is -2.03. The molecule has 3 aromatic rings. The lowest BCUT2D eigenvalue weighted by molar-refractivity contribution is -0.137. The normalized spacial score (nSPS) is 17.4. The Labute approximate surface area is 216 Å². The number of anilines is 2. The van der Waals surface area contributed by atoms with Crippen LogP contribution in [0.3, 0.4) is 0 Å². The van der Waals surface area contributed by atoms with Gasteiger partial charge in [0, 0.05) is 18.0 Å². The lowest BCUT2D eigenvalue weighted by atomic mass is 10.1. The minimum absolute atomic E-state index is 0.0440. The maximum absolute atomic E-state index is 13.6. The van der Waals surface area contributed by atoms with E-state index in [-0.39, 0.29) is 39.9 Å². The summed E-state index contributed by atoms with van der Waals surface area (Å²) >= 11 is 9.28. The molecule has 0 saturated heterocycles. The van der Waals surface area contributed by atoms with Gasteiger partial charge in [-0.2, -0.15) is 13.2 Å². The molecule has 1 amide bonds. The van der Waals surface area contributed by atoms with Crippen LogP contribution in [0.1, 0.15) is 24.6 Å². The van der Waals surface area contributed by atoms with Crippen LogP contribution in [-0.4, -0.2) is 45.3 Å². The van der Waals surface area contributed by atoms with Gasteiger partial charge < -0.3 is 14.8 Å². The molecule has 13 heteroatoms. The molecule has 2 bridgehead atoms. The Bertz CT molecular complexity index is 1490. The lowest BCUT2D eigenvalue weighted by Gasteiger charge is -2.34. The molecule has 4 heterocycles. The number of alkyl halides is 3. The van der Waals surface area contributed by atoms with Gasteiger partial charge in [0.2, 0.25) is 11.3 Å². The topological polar surface area (TPSA) is 92.5 Å². The van der Waals surface area contributed by atoms with E-state index in [1.54, 1.807) is 4.57 Å². The predicted molar refractivity (Wildman–Crippen MR) is 134 cm³/mol. The largest absolute Gasteiger partial charge is 0.416 e. The van der Waals surface area contributed by atoms with Crippen molar-refractivity contribution in [2.75, 3.05) is 23.3 Å². The van der Waals surface area contributed by atoms with Gasteiger partial charge in [-0.1, -0.05) is 11.6 Å². The van der Waals surface area contributed by atoms with Crippen molar-refractivity contribution in [3.8, 4) is 0 Å². The molecule has 8 nitrogen and oxygen atoms in total. The number of carbonyl (C=O) groups excluding carboxylic acids is 1. The van der Waals surface area contributed by atoms with Crippen molar-refractivity contribution >= 4 is 61.7 Å². The number of amides is 1. The second kappa shape index (κ2) is 9.15. The van der Waals surface area contributed by atoms with Gasteiger partial charge in [0.25, 0.3) is 0 Å². The van der Waals surface area contributed by atoms with E-state index in [0.717, 1.165) is 23.9 Å². The van der Waals surface area contributed by atoms with E-state index in [1.807, 2.05) is 11.8 Å². The summed E-state index contributed by atoms with van der Waals surface area (Å²) in [6.45, 7) is 2.86. The van der Waals surface area contributed by atoms with Gasteiger partial charge in [-0.25, -0.2) is 9.97 Å². The number of rotatable bonds is 3. The third kappa shape index (κ3) is 4.36. The molecule has 0 radical (unpaired) electrons. The maximum Gasteiger partial charge on any atom is 0.416 e. The molecule has 0 spiro atoms. The van der Waals surface area contributed by atoms with Crippen molar-refractivity contribution in [1.82, 2.24) is 14.5 Å². The fourth-order valence-corrected chi connectivity index (χ4v) is 5.21. The fraction of sp³-hybridized carbons (Fsp3) is 0.348. The van der Waals surface area contributed by atoms with E-state index in [9.17, 15) is 22.8 Å². The summed E-state index contributed by atoms with van der Waals surface area (Å²) in [5.41, 5.74) is 1.29. The molecule has 1 aromatic carbocycles. The predicted octanol–water partition coefficient (Wildman–Crippen LogP) is 4.46. The molecule has 188 valence electrons. The third-order valence-corrected chi connectivity index (χ3v) is 7.09. The Kier molecular flexibility index (Phi) is 6.27. The lowest BCUT2D eigenvalue weighted by Crippen LogP contribution is -2.45. The number of aromatic nitrogens is 3. The molecule has 2 aliphatic rings. The first-order valence-electron chi connectivity index (χ1n) is 11.1. The van der Waals surface area contributed by atoms with Crippen molar-refractivity contribution in [3.63, 3.8) is 0 Å². The zero-order chi connectivity index (χ0) is 25.8. The van der Waals surface area contributed by atoms with Crippen LogP contribution < -0.4 is 15.6 Å².